The molecule has 1 amide bonds. The molecule has 0 spiro atoms. The van der Waals surface area contributed by atoms with Gasteiger partial charge in [0, 0.05) is 17.0 Å². The number of rotatable bonds is 9. The van der Waals surface area contributed by atoms with Crippen LogP contribution in [0.2, 0.25) is 0 Å². The normalized spacial score (nSPS) is 13.7. The number of hydrogen-bond acceptors (Lipinski definition) is 9. The highest BCUT2D eigenvalue weighted by Gasteiger charge is 2.37. The Kier molecular flexibility index (Phi) is 6.63. The summed E-state index contributed by atoms with van der Waals surface area (Å²) in [7, 11) is -3.38. The molecule has 1 fully saturated rings. The van der Waals surface area contributed by atoms with Crippen LogP contribution < -0.4 is 14.8 Å². The highest BCUT2D eigenvalue weighted by Crippen LogP contribution is 2.34. The molecule has 0 radical (unpaired) electrons. The Morgan fingerprint density at radius 2 is 1.97 bits per heavy atom. The second-order valence-corrected chi connectivity index (χ2v) is 10.8. The van der Waals surface area contributed by atoms with Gasteiger partial charge in [0.05, 0.1) is 29.9 Å². The number of ether oxygens (including phenoxy) is 2. The average molecular weight is 490 g/mol. The summed E-state index contributed by atoms with van der Waals surface area (Å²) in [6, 6.07) is 7.72. The van der Waals surface area contributed by atoms with Crippen molar-refractivity contribution >= 4 is 32.2 Å². The number of pyridine rings is 1. The van der Waals surface area contributed by atoms with Gasteiger partial charge in [-0.1, -0.05) is 0 Å². The third-order valence-corrected chi connectivity index (χ3v) is 7.63. The molecule has 1 saturated carbocycles. The van der Waals surface area contributed by atoms with Gasteiger partial charge in [0.25, 0.3) is 5.91 Å². The zero-order valence-corrected chi connectivity index (χ0v) is 19.6. The molecule has 2 N–H and O–H groups in total. The molecular weight excluding hydrogens is 466 g/mol. The topological polar surface area (TPSA) is 128 Å². The van der Waals surface area contributed by atoms with Gasteiger partial charge in [-0.3, -0.25) is 10.1 Å². The maximum atomic E-state index is 12.8. The lowest BCUT2D eigenvalue weighted by Crippen LogP contribution is -2.13. The summed E-state index contributed by atoms with van der Waals surface area (Å²) >= 11 is 1.21. The number of nitrogens with one attached hydrogen (secondary N) is 1. The number of carbonyl (C=O) groups excluding carboxylic acids is 1. The number of hydrogen-bond donors (Lipinski definition) is 2. The average Bonchev–Trinajstić information content (AvgIpc) is 3.54. The Morgan fingerprint density at radius 1 is 1.21 bits per heavy atom. The lowest BCUT2D eigenvalue weighted by Gasteiger charge is -2.14. The van der Waals surface area contributed by atoms with Crippen LogP contribution in [0, 0.1) is 0 Å². The first kappa shape index (κ1) is 23.1. The number of benzene rings is 1. The van der Waals surface area contributed by atoms with Crippen molar-refractivity contribution in [2.45, 2.75) is 49.7 Å². The molecule has 0 atom stereocenters. The molecule has 2 heterocycles. The first-order chi connectivity index (χ1) is 15.7. The van der Waals surface area contributed by atoms with Gasteiger partial charge in [-0.15, -0.1) is 11.3 Å². The quantitative estimate of drug-likeness (QED) is 0.465. The van der Waals surface area contributed by atoms with Crippen molar-refractivity contribution in [1.29, 1.82) is 0 Å². The number of sulfone groups is 1. The summed E-state index contributed by atoms with van der Waals surface area (Å²) in [4.78, 5) is 21.0. The summed E-state index contributed by atoms with van der Waals surface area (Å²) in [6.45, 7) is 3.52. The van der Waals surface area contributed by atoms with Gasteiger partial charge in [-0.25, -0.2) is 18.4 Å². The summed E-state index contributed by atoms with van der Waals surface area (Å²) in [5.74, 6) is 0.666. The van der Waals surface area contributed by atoms with E-state index < -0.39 is 15.7 Å². The molecule has 33 heavy (non-hydrogen) atoms. The molecule has 0 saturated heterocycles. The fourth-order valence-electron chi connectivity index (χ4n) is 2.99. The lowest BCUT2D eigenvalue weighted by molar-refractivity contribution is 0.102. The molecule has 11 heteroatoms. The van der Waals surface area contributed by atoms with E-state index >= 15 is 0 Å². The SMILES string of the molecule is CC(C)Oc1cc(Oc2ccc(S(=O)(=O)C3CC3)nc2)cc(C(=O)Nc2nc(CO)cs2)c1. The second-order valence-electron chi connectivity index (χ2n) is 7.79. The molecule has 0 unspecified atom stereocenters. The molecule has 174 valence electrons. The van der Waals surface area contributed by atoms with Crippen molar-refractivity contribution in [2.75, 3.05) is 5.32 Å². The number of thiazole rings is 1. The van der Waals surface area contributed by atoms with E-state index in [0.717, 1.165) is 0 Å². The Morgan fingerprint density at radius 3 is 2.58 bits per heavy atom. The molecule has 0 aliphatic heterocycles. The minimum atomic E-state index is -3.38. The van der Waals surface area contributed by atoms with Gasteiger partial charge in [-0.05, 0) is 51.0 Å². The third kappa shape index (κ3) is 5.67. The van der Waals surface area contributed by atoms with E-state index in [-0.39, 0.29) is 28.6 Å². The van der Waals surface area contributed by atoms with Gasteiger partial charge < -0.3 is 14.6 Å². The maximum absolute atomic E-state index is 12.8. The molecular formula is C22H23N3O6S2. The first-order valence-corrected chi connectivity index (χ1v) is 12.7. The number of aliphatic hydroxyl groups excluding tert-OH is 1. The van der Waals surface area contributed by atoms with Crippen LogP contribution in [0.1, 0.15) is 42.7 Å². The Balaban J connectivity index is 1.56. The fraction of sp³-hybridized carbons (Fsp3) is 0.318. The van der Waals surface area contributed by atoms with Gasteiger partial charge in [0.15, 0.2) is 20.0 Å². The van der Waals surface area contributed by atoms with Gasteiger partial charge >= 0.3 is 0 Å². The van der Waals surface area contributed by atoms with Gasteiger partial charge in [-0.2, -0.15) is 0 Å². The van der Waals surface area contributed by atoms with E-state index in [2.05, 4.69) is 15.3 Å². The molecule has 9 nitrogen and oxygen atoms in total. The molecule has 1 aromatic carbocycles. The van der Waals surface area contributed by atoms with E-state index in [1.54, 1.807) is 17.5 Å². The van der Waals surface area contributed by atoms with E-state index in [1.165, 1.54) is 35.7 Å². The number of aliphatic hydroxyl groups is 1. The van der Waals surface area contributed by atoms with E-state index in [9.17, 15) is 13.2 Å². The predicted octanol–water partition coefficient (Wildman–Crippen LogP) is 3.80. The van der Waals surface area contributed by atoms with Crippen molar-refractivity contribution < 1.29 is 27.8 Å². The van der Waals surface area contributed by atoms with Crippen molar-refractivity contribution in [3.05, 3.63) is 53.2 Å². The number of amides is 1. The maximum Gasteiger partial charge on any atom is 0.257 e. The Bertz CT molecular complexity index is 1250. The zero-order valence-electron chi connectivity index (χ0n) is 18.0. The summed E-state index contributed by atoms with van der Waals surface area (Å²) in [5, 5.41) is 13.5. The molecule has 1 aliphatic rings. The standard InChI is InChI=1S/C22H23N3O6S2/c1-13(2)30-17-7-14(21(27)25-22-24-15(11-26)12-32-22)8-18(9-17)31-16-3-6-20(23-10-16)33(28,29)19-4-5-19/h3,6-10,12-13,19,26H,4-5,11H2,1-2H3,(H,24,25,27). The van der Waals surface area contributed by atoms with Crippen molar-refractivity contribution in [2.24, 2.45) is 0 Å². The van der Waals surface area contributed by atoms with Crippen LogP contribution in [0.15, 0.2) is 46.9 Å². The number of nitrogens with zero attached hydrogens (tertiary/aromatic N) is 2. The van der Waals surface area contributed by atoms with E-state index in [1.807, 2.05) is 13.8 Å². The fourth-order valence-corrected chi connectivity index (χ4v) is 5.24. The summed E-state index contributed by atoms with van der Waals surface area (Å²) < 4.78 is 36.2. The van der Waals surface area contributed by atoms with E-state index in [4.69, 9.17) is 14.6 Å². The van der Waals surface area contributed by atoms with Gasteiger partial charge in [0.2, 0.25) is 0 Å². The summed E-state index contributed by atoms with van der Waals surface area (Å²) in [5.41, 5.74) is 0.751. The van der Waals surface area contributed by atoms with Crippen molar-refractivity contribution in [3.8, 4) is 17.2 Å². The molecule has 4 rings (SSSR count). The monoisotopic (exact) mass is 489 g/mol. The third-order valence-electron chi connectivity index (χ3n) is 4.65. The minimum Gasteiger partial charge on any atom is -0.491 e. The van der Waals surface area contributed by atoms with E-state index in [0.29, 0.717) is 40.9 Å². The Labute approximate surface area is 195 Å². The van der Waals surface area contributed by atoms with Crippen LogP contribution in [-0.2, 0) is 16.4 Å². The van der Waals surface area contributed by atoms with Crippen LogP contribution in [0.3, 0.4) is 0 Å². The molecule has 1 aliphatic carbocycles. The van der Waals surface area contributed by atoms with Crippen LogP contribution in [0.5, 0.6) is 17.2 Å². The molecule has 0 bridgehead atoms. The van der Waals surface area contributed by atoms with Crippen LogP contribution in [0.25, 0.3) is 0 Å². The van der Waals surface area contributed by atoms with Crippen molar-refractivity contribution in [1.82, 2.24) is 9.97 Å². The van der Waals surface area contributed by atoms with Crippen molar-refractivity contribution in [3.63, 3.8) is 0 Å². The molecule has 3 aromatic rings. The number of carbonyl (C=O) groups is 1. The van der Waals surface area contributed by atoms with Crippen LogP contribution >= 0.6 is 11.3 Å². The largest absolute Gasteiger partial charge is 0.491 e. The highest BCUT2D eigenvalue weighted by atomic mass is 32.2. The van der Waals surface area contributed by atoms with Crippen LogP contribution in [-0.4, -0.2) is 40.8 Å². The zero-order chi connectivity index (χ0) is 23.6. The summed E-state index contributed by atoms with van der Waals surface area (Å²) in [6.07, 6.45) is 2.54. The Hall–Kier alpha value is -3.02. The van der Waals surface area contributed by atoms with Crippen LogP contribution in [0.4, 0.5) is 5.13 Å². The van der Waals surface area contributed by atoms with Gasteiger partial charge in [0.1, 0.15) is 17.2 Å². The number of anilines is 1. The molecule has 2 aromatic heterocycles. The predicted molar refractivity (Wildman–Crippen MR) is 123 cm³/mol. The number of aromatic nitrogens is 2. The first-order valence-electron chi connectivity index (χ1n) is 10.3. The lowest BCUT2D eigenvalue weighted by atomic mass is 10.2. The smallest absolute Gasteiger partial charge is 0.257 e. The second kappa shape index (κ2) is 9.46. The highest BCUT2D eigenvalue weighted by molar-refractivity contribution is 7.92. The minimum absolute atomic E-state index is 0.0278.